The SMILES string of the molecule is NC(=O)C1(c2ccc3c(c2)C(c2cccc(Cl)c2)Oc2cccc(OC(F)F)c2-3)CC1. The van der Waals surface area contributed by atoms with Gasteiger partial charge in [0.15, 0.2) is 0 Å². The van der Waals surface area contributed by atoms with E-state index in [1.165, 1.54) is 6.07 Å². The Balaban J connectivity index is 1.72. The van der Waals surface area contributed by atoms with Crippen LogP contribution in [0.1, 0.15) is 35.6 Å². The molecule has 1 amide bonds. The molecule has 1 unspecified atom stereocenters. The molecule has 0 saturated heterocycles. The highest BCUT2D eigenvalue weighted by Crippen LogP contribution is 2.53. The number of rotatable bonds is 5. The minimum atomic E-state index is -2.97. The van der Waals surface area contributed by atoms with Gasteiger partial charge in [0.25, 0.3) is 0 Å². The van der Waals surface area contributed by atoms with Crippen LogP contribution in [0.3, 0.4) is 0 Å². The summed E-state index contributed by atoms with van der Waals surface area (Å²) in [6.07, 6.45) is 0.826. The zero-order valence-electron chi connectivity index (χ0n) is 16.3. The quantitative estimate of drug-likeness (QED) is 0.560. The molecule has 1 aliphatic heterocycles. The predicted molar refractivity (Wildman–Crippen MR) is 113 cm³/mol. The minimum Gasteiger partial charge on any atom is -0.480 e. The van der Waals surface area contributed by atoms with Crippen molar-refractivity contribution >= 4 is 17.5 Å². The average Bonchev–Trinajstić information content (AvgIpc) is 3.54. The Kier molecular flexibility index (Phi) is 4.63. The first-order valence-electron chi connectivity index (χ1n) is 9.84. The summed E-state index contributed by atoms with van der Waals surface area (Å²) < 4.78 is 37.1. The average molecular weight is 442 g/mol. The lowest BCUT2D eigenvalue weighted by Gasteiger charge is -2.31. The molecule has 0 bridgehead atoms. The lowest BCUT2D eigenvalue weighted by molar-refractivity contribution is -0.120. The lowest BCUT2D eigenvalue weighted by Crippen LogP contribution is -2.29. The number of hydrogen-bond donors (Lipinski definition) is 1. The van der Waals surface area contributed by atoms with Crippen molar-refractivity contribution in [1.82, 2.24) is 0 Å². The minimum absolute atomic E-state index is 0.0297. The number of primary amides is 1. The third-order valence-electron chi connectivity index (χ3n) is 5.98. The summed E-state index contributed by atoms with van der Waals surface area (Å²) in [5.41, 5.74) is 8.48. The Morgan fingerprint density at radius 1 is 1.13 bits per heavy atom. The second kappa shape index (κ2) is 7.24. The molecule has 0 aromatic heterocycles. The summed E-state index contributed by atoms with van der Waals surface area (Å²) >= 11 is 6.21. The first-order chi connectivity index (χ1) is 14.9. The van der Waals surface area contributed by atoms with Gasteiger partial charge in [0.1, 0.15) is 17.6 Å². The summed E-state index contributed by atoms with van der Waals surface area (Å²) in [5, 5.41) is 0.551. The number of amides is 1. The van der Waals surface area contributed by atoms with Crippen molar-refractivity contribution in [3.05, 3.63) is 82.4 Å². The number of hydrogen-bond acceptors (Lipinski definition) is 3. The van der Waals surface area contributed by atoms with Crippen LogP contribution in [0.2, 0.25) is 5.02 Å². The van der Waals surface area contributed by atoms with Crippen molar-refractivity contribution in [3.63, 3.8) is 0 Å². The monoisotopic (exact) mass is 441 g/mol. The molecule has 1 saturated carbocycles. The molecular weight excluding hydrogens is 424 g/mol. The largest absolute Gasteiger partial charge is 0.480 e. The number of alkyl halides is 2. The van der Waals surface area contributed by atoms with Crippen molar-refractivity contribution < 1.29 is 23.0 Å². The Morgan fingerprint density at radius 3 is 2.58 bits per heavy atom. The molecule has 1 fully saturated rings. The van der Waals surface area contributed by atoms with Crippen LogP contribution in [0, 0.1) is 0 Å². The Bertz CT molecular complexity index is 1190. The van der Waals surface area contributed by atoms with Crippen LogP contribution in [0.4, 0.5) is 8.78 Å². The normalized spacial score (nSPS) is 18.0. The van der Waals surface area contributed by atoms with Crippen LogP contribution >= 0.6 is 11.6 Å². The van der Waals surface area contributed by atoms with E-state index in [9.17, 15) is 13.6 Å². The molecule has 0 radical (unpaired) electrons. The molecular formula is C24H18ClF2NO3. The summed E-state index contributed by atoms with van der Waals surface area (Å²) in [7, 11) is 0. The number of benzene rings is 3. The fraction of sp³-hybridized carbons (Fsp3) is 0.208. The summed E-state index contributed by atoms with van der Waals surface area (Å²) in [4.78, 5) is 12.1. The molecule has 1 aliphatic carbocycles. The van der Waals surface area contributed by atoms with Gasteiger partial charge in [-0.3, -0.25) is 4.79 Å². The van der Waals surface area contributed by atoms with Gasteiger partial charge in [-0.05, 0) is 53.8 Å². The van der Waals surface area contributed by atoms with Gasteiger partial charge in [-0.2, -0.15) is 8.78 Å². The van der Waals surface area contributed by atoms with Crippen molar-refractivity contribution in [1.29, 1.82) is 0 Å². The van der Waals surface area contributed by atoms with Gasteiger partial charge in [0.2, 0.25) is 5.91 Å². The third-order valence-corrected chi connectivity index (χ3v) is 6.21. The number of ether oxygens (including phenoxy) is 2. The number of carbonyl (C=O) groups is 1. The zero-order chi connectivity index (χ0) is 21.8. The molecule has 158 valence electrons. The fourth-order valence-electron chi connectivity index (χ4n) is 4.28. The first kappa shape index (κ1) is 19.8. The van der Waals surface area contributed by atoms with Gasteiger partial charge in [-0.25, -0.2) is 0 Å². The van der Waals surface area contributed by atoms with E-state index in [4.69, 9.17) is 26.8 Å². The van der Waals surface area contributed by atoms with Crippen LogP contribution in [0.25, 0.3) is 11.1 Å². The molecule has 4 nitrogen and oxygen atoms in total. The first-order valence-corrected chi connectivity index (χ1v) is 10.2. The number of halogens is 3. The van der Waals surface area contributed by atoms with Gasteiger partial charge in [-0.1, -0.05) is 48.0 Å². The van der Waals surface area contributed by atoms with E-state index in [0.717, 1.165) is 16.7 Å². The van der Waals surface area contributed by atoms with Crippen molar-refractivity contribution in [2.45, 2.75) is 31.0 Å². The maximum atomic E-state index is 13.0. The fourth-order valence-corrected chi connectivity index (χ4v) is 4.48. The third kappa shape index (κ3) is 3.31. The van der Waals surface area contributed by atoms with Gasteiger partial charge < -0.3 is 15.2 Å². The summed E-state index contributed by atoms with van der Waals surface area (Å²) in [6.45, 7) is -2.97. The second-order valence-corrected chi connectivity index (χ2v) is 8.25. The van der Waals surface area contributed by atoms with Crippen LogP contribution in [-0.4, -0.2) is 12.5 Å². The van der Waals surface area contributed by atoms with Gasteiger partial charge in [0.05, 0.1) is 11.0 Å². The van der Waals surface area contributed by atoms with Gasteiger partial charge in [-0.15, -0.1) is 0 Å². The molecule has 31 heavy (non-hydrogen) atoms. The molecule has 7 heteroatoms. The van der Waals surface area contributed by atoms with E-state index in [1.54, 1.807) is 24.3 Å². The van der Waals surface area contributed by atoms with Crippen molar-refractivity contribution in [3.8, 4) is 22.6 Å². The molecule has 3 aromatic carbocycles. The lowest BCUT2D eigenvalue weighted by atomic mass is 9.84. The highest BCUT2D eigenvalue weighted by atomic mass is 35.5. The molecule has 1 atom stereocenters. The standard InChI is InChI=1S/C24H18ClF2NO3/c25-15-4-1-3-13(11-15)21-17-12-14(24(9-10-24)22(28)29)7-8-16(17)20-18(30-21)5-2-6-19(20)31-23(26)27/h1-8,11-12,21,23H,9-10H2,(H2,28,29). The highest BCUT2D eigenvalue weighted by molar-refractivity contribution is 6.30. The maximum absolute atomic E-state index is 13.0. The van der Waals surface area contributed by atoms with E-state index in [1.807, 2.05) is 30.3 Å². The number of fused-ring (bicyclic) bond motifs is 3. The van der Waals surface area contributed by atoms with E-state index >= 15 is 0 Å². The Hall–Kier alpha value is -3.12. The molecule has 0 spiro atoms. The molecule has 3 aromatic rings. The highest BCUT2D eigenvalue weighted by Gasteiger charge is 2.50. The number of nitrogens with two attached hydrogens (primary N) is 1. The number of carbonyl (C=O) groups excluding carboxylic acids is 1. The van der Waals surface area contributed by atoms with E-state index in [2.05, 4.69) is 0 Å². The predicted octanol–water partition coefficient (Wildman–Crippen LogP) is 5.61. The summed E-state index contributed by atoms with van der Waals surface area (Å²) in [6, 6.07) is 17.6. The Labute approximate surface area is 182 Å². The summed E-state index contributed by atoms with van der Waals surface area (Å²) in [5.74, 6) is 0.0899. The Morgan fingerprint density at radius 2 is 1.90 bits per heavy atom. The van der Waals surface area contributed by atoms with Crippen molar-refractivity contribution in [2.24, 2.45) is 5.73 Å². The van der Waals surface area contributed by atoms with Gasteiger partial charge in [0, 0.05) is 10.6 Å². The smallest absolute Gasteiger partial charge is 0.387 e. The van der Waals surface area contributed by atoms with Crippen LogP contribution in [-0.2, 0) is 10.2 Å². The molecule has 2 aliphatic rings. The van der Waals surface area contributed by atoms with E-state index < -0.39 is 18.1 Å². The van der Waals surface area contributed by atoms with E-state index in [0.29, 0.717) is 34.7 Å². The second-order valence-electron chi connectivity index (χ2n) is 7.81. The van der Waals surface area contributed by atoms with Crippen LogP contribution in [0.15, 0.2) is 60.7 Å². The van der Waals surface area contributed by atoms with Crippen LogP contribution in [0.5, 0.6) is 11.5 Å². The molecule has 5 rings (SSSR count). The van der Waals surface area contributed by atoms with Gasteiger partial charge >= 0.3 is 6.61 Å². The molecule has 2 N–H and O–H groups in total. The van der Waals surface area contributed by atoms with E-state index in [-0.39, 0.29) is 11.7 Å². The maximum Gasteiger partial charge on any atom is 0.387 e. The molecule has 1 heterocycles. The van der Waals surface area contributed by atoms with Crippen LogP contribution < -0.4 is 15.2 Å². The zero-order valence-corrected chi connectivity index (χ0v) is 17.0. The topological polar surface area (TPSA) is 61.6 Å². The van der Waals surface area contributed by atoms with Crippen molar-refractivity contribution in [2.75, 3.05) is 0 Å².